The van der Waals surface area contributed by atoms with Gasteiger partial charge in [0.2, 0.25) is 0 Å². The van der Waals surface area contributed by atoms with Crippen LogP contribution < -0.4 is 10.2 Å². The summed E-state index contributed by atoms with van der Waals surface area (Å²) in [5.74, 6) is -0.381. The van der Waals surface area contributed by atoms with Gasteiger partial charge >= 0.3 is 0 Å². The van der Waals surface area contributed by atoms with E-state index >= 15 is 0 Å². The molecule has 0 unspecified atom stereocenters. The summed E-state index contributed by atoms with van der Waals surface area (Å²) in [6, 6.07) is 7.82. The van der Waals surface area contributed by atoms with Gasteiger partial charge in [-0.2, -0.15) is 0 Å². The molecule has 1 saturated heterocycles. The van der Waals surface area contributed by atoms with Crippen molar-refractivity contribution in [2.75, 3.05) is 24.5 Å². The number of piperidine rings is 1. The molecule has 1 aromatic heterocycles. The van der Waals surface area contributed by atoms with Gasteiger partial charge < -0.3 is 10.2 Å². The van der Waals surface area contributed by atoms with Gasteiger partial charge in [0.1, 0.15) is 5.82 Å². The van der Waals surface area contributed by atoms with Gasteiger partial charge in [0, 0.05) is 25.8 Å². The van der Waals surface area contributed by atoms with Gasteiger partial charge in [-0.05, 0) is 61.9 Å². The van der Waals surface area contributed by atoms with Gasteiger partial charge in [-0.1, -0.05) is 6.07 Å². The van der Waals surface area contributed by atoms with Crippen LogP contribution in [0, 0.1) is 17.6 Å². The molecule has 1 aliphatic rings. The zero-order chi connectivity index (χ0) is 18.5. The Morgan fingerprint density at radius 2 is 1.96 bits per heavy atom. The van der Waals surface area contributed by atoms with Crippen molar-refractivity contribution >= 4 is 11.7 Å². The Bertz CT molecular complexity index is 756. The van der Waals surface area contributed by atoms with Gasteiger partial charge in [0.15, 0.2) is 11.6 Å². The number of amides is 1. The highest BCUT2D eigenvalue weighted by Crippen LogP contribution is 2.25. The Morgan fingerprint density at radius 3 is 2.58 bits per heavy atom. The fourth-order valence-corrected chi connectivity index (χ4v) is 3.34. The van der Waals surface area contributed by atoms with E-state index in [1.165, 1.54) is 12.1 Å². The minimum absolute atomic E-state index is 0.114. The number of carbonyl (C=O) groups is 1. The second kappa shape index (κ2) is 8.25. The maximum atomic E-state index is 13.3. The Labute approximate surface area is 152 Å². The second-order valence-corrected chi connectivity index (χ2v) is 6.65. The molecule has 0 radical (unpaired) electrons. The van der Waals surface area contributed by atoms with Gasteiger partial charge in [-0.25, -0.2) is 13.8 Å². The number of hydrogen-bond donors (Lipinski definition) is 1. The highest BCUT2D eigenvalue weighted by molar-refractivity contribution is 5.93. The molecule has 1 amide bonds. The van der Waals surface area contributed by atoms with Crippen molar-refractivity contribution in [3.8, 4) is 0 Å². The lowest BCUT2D eigenvalue weighted by Gasteiger charge is -2.33. The number of halogens is 2. The third-order valence-electron chi connectivity index (χ3n) is 4.79. The molecule has 1 aromatic carbocycles. The summed E-state index contributed by atoms with van der Waals surface area (Å²) in [7, 11) is 0. The molecule has 0 aliphatic carbocycles. The molecule has 3 rings (SSSR count). The van der Waals surface area contributed by atoms with E-state index in [1.807, 2.05) is 13.0 Å². The number of pyridine rings is 1. The molecule has 1 aliphatic heterocycles. The van der Waals surface area contributed by atoms with Gasteiger partial charge in [-0.3, -0.25) is 4.79 Å². The predicted molar refractivity (Wildman–Crippen MR) is 97.2 cm³/mol. The van der Waals surface area contributed by atoms with Gasteiger partial charge in [-0.15, -0.1) is 0 Å². The summed E-state index contributed by atoms with van der Waals surface area (Å²) in [5, 5.41) is 2.75. The van der Waals surface area contributed by atoms with Crippen LogP contribution in [0.25, 0.3) is 0 Å². The fourth-order valence-electron chi connectivity index (χ4n) is 3.34. The van der Waals surface area contributed by atoms with E-state index in [9.17, 15) is 13.6 Å². The smallest absolute Gasteiger partial charge is 0.252 e. The van der Waals surface area contributed by atoms with Crippen molar-refractivity contribution < 1.29 is 13.6 Å². The van der Waals surface area contributed by atoms with E-state index in [0.29, 0.717) is 18.0 Å². The molecule has 0 spiro atoms. The highest BCUT2D eigenvalue weighted by Gasteiger charge is 2.21. The van der Waals surface area contributed by atoms with Crippen LogP contribution >= 0.6 is 0 Å². The standard InChI is InChI=1S/C20H23F2N3O/c1-2-23-20(26)16-4-6-19(24-13-16)25-9-7-14(8-10-25)11-15-3-5-17(21)18(22)12-15/h3-6,12-14H,2,7-11H2,1H3,(H,23,26). The molecule has 2 heterocycles. The topological polar surface area (TPSA) is 45.2 Å². The predicted octanol–water partition coefficient (Wildman–Crippen LogP) is 3.57. The van der Waals surface area contributed by atoms with Gasteiger partial charge in [0.05, 0.1) is 5.56 Å². The number of hydrogen-bond acceptors (Lipinski definition) is 3. The largest absolute Gasteiger partial charge is 0.357 e. The van der Waals surface area contributed by atoms with Crippen molar-refractivity contribution in [3.05, 3.63) is 59.3 Å². The van der Waals surface area contributed by atoms with Crippen LogP contribution in [0.3, 0.4) is 0 Å². The van der Waals surface area contributed by atoms with Crippen LogP contribution in [-0.4, -0.2) is 30.5 Å². The summed E-state index contributed by atoms with van der Waals surface area (Å²) in [6.07, 6.45) is 4.31. The summed E-state index contributed by atoms with van der Waals surface area (Å²) in [6.45, 7) is 4.19. The Hall–Kier alpha value is -2.50. The molecule has 4 nitrogen and oxygen atoms in total. The van der Waals surface area contributed by atoms with Crippen LogP contribution in [0.4, 0.5) is 14.6 Å². The van der Waals surface area contributed by atoms with Crippen LogP contribution in [0.5, 0.6) is 0 Å². The van der Waals surface area contributed by atoms with Crippen LogP contribution in [0.15, 0.2) is 36.5 Å². The first-order valence-electron chi connectivity index (χ1n) is 9.00. The Kier molecular flexibility index (Phi) is 5.81. The molecule has 0 saturated carbocycles. The summed E-state index contributed by atoms with van der Waals surface area (Å²) >= 11 is 0. The van der Waals surface area contributed by atoms with E-state index in [0.717, 1.165) is 43.7 Å². The molecule has 138 valence electrons. The number of benzene rings is 1. The van der Waals surface area contributed by atoms with Crippen molar-refractivity contribution in [2.24, 2.45) is 5.92 Å². The summed E-state index contributed by atoms with van der Waals surface area (Å²) < 4.78 is 26.4. The fraction of sp³-hybridized carbons (Fsp3) is 0.400. The maximum Gasteiger partial charge on any atom is 0.252 e. The molecule has 2 aromatic rings. The quantitative estimate of drug-likeness (QED) is 0.888. The van der Waals surface area contributed by atoms with Crippen molar-refractivity contribution in [1.29, 1.82) is 0 Å². The van der Waals surface area contributed by atoms with E-state index < -0.39 is 11.6 Å². The molecular weight excluding hydrogens is 336 g/mol. The van der Waals surface area contributed by atoms with Crippen LogP contribution in [0.2, 0.25) is 0 Å². The minimum Gasteiger partial charge on any atom is -0.357 e. The first-order chi connectivity index (χ1) is 12.6. The lowest BCUT2D eigenvalue weighted by atomic mass is 9.90. The first kappa shape index (κ1) is 18.3. The number of aromatic nitrogens is 1. The van der Waals surface area contributed by atoms with Crippen molar-refractivity contribution in [2.45, 2.75) is 26.2 Å². The first-order valence-corrected chi connectivity index (χ1v) is 9.00. The number of rotatable bonds is 5. The number of nitrogens with one attached hydrogen (secondary N) is 1. The van der Waals surface area contributed by atoms with Crippen LogP contribution in [-0.2, 0) is 6.42 Å². The molecule has 26 heavy (non-hydrogen) atoms. The van der Waals surface area contributed by atoms with Crippen LogP contribution in [0.1, 0.15) is 35.7 Å². The van der Waals surface area contributed by atoms with Gasteiger partial charge in [0.25, 0.3) is 5.91 Å². The zero-order valence-electron chi connectivity index (χ0n) is 14.8. The number of anilines is 1. The van der Waals surface area contributed by atoms with E-state index in [2.05, 4.69) is 15.2 Å². The normalized spacial score (nSPS) is 15.1. The zero-order valence-corrected chi connectivity index (χ0v) is 14.8. The lowest BCUT2D eigenvalue weighted by molar-refractivity contribution is 0.0955. The van der Waals surface area contributed by atoms with Crippen molar-refractivity contribution in [1.82, 2.24) is 10.3 Å². The molecular formula is C20H23F2N3O. The SMILES string of the molecule is CCNC(=O)c1ccc(N2CCC(Cc3ccc(F)c(F)c3)CC2)nc1. The van der Waals surface area contributed by atoms with Crippen molar-refractivity contribution in [3.63, 3.8) is 0 Å². The monoisotopic (exact) mass is 359 g/mol. The number of nitrogens with zero attached hydrogens (tertiary/aromatic N) is 2. The summed E-state index contributed by atoms with van der Waals surface area (Å²) in [5.41, 5.74) is 1.40. The second-order valence-electron chi connectivity index (χ2n) is 6.65. The third kappa shape index (κ3) is 4.36. The third-order valence-corrected chi connectivity index (χ3v) is 4.79. The summed E-state index contributed by atoms with van der Waals surface area (Å²) in [4.78, 5) is 18.4. The Balaban J connectivity index is 1.54. The van der Waals surface area contributed by atoms with E-state index in [1.54, 1.807) is 18.3 Å². The highest BCUT2D eigenvalue weighted by atomic mass is 19.2. The molecule has 1 N–H and O–H groups in total. The minimum atomic E-state index is -0.800. The van der Waals surface area contributed by atoms with E-state index in [4.69, 9.17) is 0 Å². The Morgan fingerprint density at radius 1 is 1.19 bits per heavy atom. The molecule has 1 fully saturated rings. The number of carbonyl (C=O) groups excluding carboxylic acids is 1. The maximum absolute atomic E-state index is 13.3. The molecule has 0 bridgehead atoms. The average molecular weight is 359 g/mol. The molecule has 6 heteroatoms. The lowest BCUT2D eigenvalue weighted by Crippen LogP contribution is -2.35. The van der Waals surface area contributed by atoms with E-state index in [-0.39, 0.29) is 5.91 Å². The molecule has 0 atom stereocenters. The average Bonchev–Trinajstić information content (AvgIpc) is 2.66.